The SMILES string of the molecule is CCOCO[C@H]([C@@H](OCOCC)[C@@H]1COC(C)(C)N1C(=O)OC(C)(C)C)[C@@H](CCO[Si](C)(C)C(C)(C)C)OCOCC. The molecule has 4 atom stereocenters. The number of carbonyl (C=O) groups excluding carboxylic acids is 1. The van der Waals surface area contributed by atoms with Gasteiger partial charge >= 0.3 is 6.09 Å². The molecule has 12 heteroatoms. The van der Waals surface area contributed by atoms with E-state index in [1.807, 2.05) is 55.4 Å². The molecule has 0 N–H and O–H groups in total. The predicted molar refractivity (Wildman–Crippen MR) is 164 cm³/mol. The molecule has 0 bridgehead atoms. The maximum absolute atomic E-state index is 13.6. The van der Waals surface area contributed by atoms with Crippen LogP contribution < -0.4 is 0 Å². The summed E-state index contributed by atoms with van der Waals surface area (Å²) in [6.07, 6.45) is -1.92. The normalized spacial score (nSPS) is 20.0. The van der Waals surface area contributed by atoms with Crippen molar-refractivity contribution in [3.8, 4) is 0 Å². The molecule has 42 heavy (non-hydrogen) atoms. The minimum absolute atomic E-state index is 0.00655. The highest BCUT2D eigenvalue weighted by atomic mass is 28.4. The van der Waals surface area contributed by atoms with E-state index >= 15 is 0 Å². The van der Waals surface area contributed by atoms with Crippen LogP contribution in [0, 0.1) is 0 Å². The molecule has 1 aliphatic rings. The van der Waals surface area contributed by atoms with E-state index in [4.69, 9.17) is 42.3 Å². The highest BCUT2D eigenvalue weighted by molar-refractivity contribution is 6.74. The quantitative estimate of drug-likeness (QED) is 0.0980. The first kappa shape index (κ1) is 39.2. The number of hydrogen-bond acceptors (Lipinski definition) is 10. The fraction of sp³-hybridized carbons (Fsp3) is 0.967. The van der Waals surface area contributed by atoms with E-state index in [2.05, 4.69) is 33.9 Å². The van der Waals surface area contributed by atoms with Crippen LogP contribution in [0.3, 0.4) is 0 Å². The molecule has 1 rings (SSSR count). The molecule has 0 aromatic carbocycles. The summed E-state index contributed by atoms with van der Waals surface area (Å²) in [6.45, 7) is 28.1. The van der Waals surface area contributed by atoms with Gasteiger partial charge in [-0.1, -0.05) is 20.8 Å². The van der Waals surface area contributed by atoms with Gasteiger partial charge in [0.1, 0.15) is 43.9 Å². The molecule has 0 aliphatic carbocycles. The second kappa shape index (κ2) is 17.6. The van der Waals surface area contributed by atoms with Crippen LogP contribution in [0.25, 0.3) is 0 Å². The molecule has 0 aromatic rings. The van der Waals surface area contributed by atoms with E-state index in [9.17, 15) is 4.79 Å². The third kappa shape index (κ3) is 12.6. The average molecular weight is 624 g/mol. The van der Waals surface area contributed by atoms with Gasteiger partial charge in [0.25, 0.3) is 0 Å². The van der Waals surface area contributed by atoms with E-state index in [-0.39, 0.29) is 32.0 Å². The standard InChI is InChI=1S/C30H61NO10Si/c1-14-33-20-36-24(17-18-40-42(12,13)29(7,8)9)26(38-22-35-16-3)25(37-21-34-15-2)23-19-39-30(10,11)31(23)27(32)41-28(4,5)6/h23-26H,14-22H2,1-13H3/t23-,24+,25-,26-/m0/s1. The lowest BCUT2D eigenvalue weighted by Gasteiger charge is -2.41. The fourth-order valence-electron chi connectivity index (χ4n) is 4.21. The van der Waals surface area contributed by atoms with Gasteiger partial charge in [-0.2, -0.15) is 0 Å². The Kier molecular flexibility index (Phi) is 16.4. The van der Waals surface area contributed by atoms with Crippen LogP contribution >= 0.6 is 0 Å². The molecular weight excluding hydrogens is 562 g/mol. The lowest BCUT2D eigenvalue weighted by molar-refractivity contribution is -0.225. The van der Waals surface area contributed by atoms with Crippen LogP contribution in [0.1, 0.15) is 82.6 Å². The van der Waals surface area contributed by atoms with Crippen molar-refractivity contribution in [1.82, 2.24) is 4.90 Å². The highest BCUT2D eigenvalue weighted by Crippen LogP contribution is 2.37. The predicted octanol–water partition coefficient (Wildman–Crippen LogP) is 5.91. The summed E-state index contributed by atoms with van der Waals surface area (Å²) in [4.78, 5) is 15.2. The Morgan fingerprint density at radius 3 is 1.93 bits per heavy atom. The highest BCUT2D eigenvalue weighted by Gasteiger charge is 2.52. The van der Waals surface area contributed by atoms with E-state index in [0.717, 1.165) is 0 Å². The fourth-order valence-corrected chi connectivity index (χ4v) is 5.27. The third-order valence-electron chi connectivity index (χ3n) is 7.52. The number of nitrogens with zero attached hydrogens (tertiary/aromatic N) is 1. The number of rotatable bonds is 19. The van der Waals surface area contributed by atoms with Crippen LogP contribution in [0.5, 0.6) is 0 Å². The van der Waals surface area contributed by atoms with Gasteiger partial charge in [-0.15, -0.1) is 0 Å². The second-order valence-electron chi connectivity index (χ2n) is 13.4. The van der Waals surface area contributed by atoms with E-state index in [1.54, 1.807) is 4.90 Å². The van der Waals surface area contributed by atoms with Gasteiger partial charge in [0.15, 0.2) is 8.32 Å². The van der Waals surface area contributed by atoms with Crippen molar-refractivity contribution in [2.45, 2.75) is 136 Å². The summed E-state index contributed by atoms with van der Waals surface area (Å²) in [5, 5.41) is 0.0589. The number of ether oxygens (including phenoxy) is 8. The van der Waals surface area contributed by atoms with E-state index in [0.29, 0.717) is 32.8 Å². The summed E-state index contributed by atoms with van der Waals surface area (Å²) >= 11 is 0. The molecule has 1 fully saturated rings. The molecule has 0 radical (unpaired) electrons. The van der Waals surface area contributed by atoms with Gasteiger partial charge < -0.3 is 42.3 Å². The molecule has 0 saturated carbocycles. The Morgan fingerprint density at radius 1 is 0.905 bits per heavy atom. The van der Waals surface area contributed by atoms with Crippen LogP contribution in [-0.2, 0) is 42.3 Å². The Morgan fingerprint density at radius 2 is 1.43 bits per heavy atom. The Balaban J connectivity index is 3.49. The Hall–Kier alpha value is -0.833. The van der Waals surface area contributed by atoms with Crippen LogP contribution in [0.2, 0.25) is 18.1 Å². The van der Waals surface area contributed by atoms with Gasteiger partial charge in [0, 0.05) is 26.4 Å². The maximum Gasteiger partial charge on any atom is 0.412 e. The largest absolute Gasteiger partial charge is 0.444 e. The summed E-state index contributed by atoms with van der Waals surface area (Å²) in [6, 6.07) is -0.568. The van der Waals surface area contributed by atoms with Gasteiger partial charge in [0.05, 0.1) is 18.8 Å². The molecule has 1 aliphatic heterocycles. The van der Waals surface area contributed by atoms with Crippen LogP contribution in [-0.4, -0.2) is 108 Å². The van der Waals surface area contributed by atoms with Gasteiger partial charge in [-0.3, -0.25) is 4.90 Å². The number of carbonyl (C=O) groups is 1. The topological polar surface area (TPSA) is 103 Å². The molecule has 0 spiro atoms. The van der Waals surface area contributed by atoms with E-state index in [1.165, 1.54) is 0 Å². The molecular formula is C30H61NO10Si. The molecule has 1 amide bonds. The minimum Gasteiger partial charge on any atom is -0.444 e. The number of amides is 1. The van der Waals surface area contributed by atoms with Crippen molar-refractivity contribution in [1.29, 1.82) is 0 Å². The van der Waals surface area contributed by atoms with Crippen molar-refractivity contribution in [2.24, 2.45) is 0 Å². The first-order chi connectivity index (χ1) is 19.4. The van der Waals surface area contributed by atoms with Gasteiger partial charge in [0.2, 0.25) is 0 Å². The summed E-state index contributed by atoms with van der Waals surface area (Å²) < 4.78 is 54.3. The molecule has 0 aromatic heterocycles. The summed E-state index contributed by atoms with van der Waals surface area (Å²) in [7, 11) is -2.02. The molecule has 11 nitrogen and oxygen atoms in total. The zero-order valence-corrected chi connectivity index (χ0v) is 29.7. The van der Waals surface area contributed by atoms with Gasteiger partial charge in [-0.25, -0.2) is 4.79 Å². The zero-order valence-electron chi connectivity index (χ0n) is 28.7. The Labute approximate surface area is 256 Å². The molecule has 1 saturated heterocycles. The summed E-state index contributed by atoms with van der Waals surface area (Å²) in [5.41, 5.74) is -1.64. The maximum atomic E-state index is 13.6. The third-order valence-corrected chi connectivity index (χ3v) is 12.1. The van der Waals surface area contributed by atoms with Crippen molar-refractivity contribution in [3.63, 3.8) is 0 Å². The lowest BCUT2D eigenvalue weighted by atomic mass is 9.97. The molecule has 1 heterocycles. The Bertz CT molecular complexity index is 768. The monoisotopic (exact) mass is 623 g/mol. The van der Waals surface area contributed by atoms with Crippen molar-refractivity contribution in [3.05, 3.63) is 0 Å². The van der Waals surface area contributed by atoms with Crippen molar-refractivity contribution >= 4 is 14.4 Å². The molecule has 0 unspecified atom stereocenters. The first-order valence-electron chi connectivity index (χ1n) is 15.3. The van der Waals surface area contributed by atoms with Crippen LogP contribution in [0.15, 0.2) is 0 Å². The van der Waals surface area contributed by atoms with Crippen LogP contribution in [0.4, 0.5) is 4.79 Å². The smallest absolute Gasteiger partial charge is 0.412 e. The average Bonchev–Trinajstić information content (AvgIpc) is 3.17. The minimum atomic E-state index is -2.02. The molecule has 250 valence electrons. The first-order valence-corrected chi connectivity index (χ1v) is 18.2. The van der Waals surface area contributed by atoms with Gasteiger partial charge in [-0.05, 0) is 79.9 Å². The van der Waals surface area contributed by atoms with Crippen molar-refractivity contribution in [2.75, 3.05) is 53.4 Å². The van der Waals surface area contributed by atoms with E-state index < -0.39 is 50.1 Å². The lowest BCUT2D eigenvalue weighted by Crippen LogP contribution is -2.59. The second-order valence-corrected chi connectivity index (χ2v) is 18.2. The number of hydrogen-bond donors (Lipinski definition) is 0. The summed E-state index contributed by atoms with van der Waals surface area (Å²) in [5.74, 6) is 0. The zero-order chi connectivity index (χ0) is 32.2. The van der Waals surface area contributed by atoms with Crippen molar-refractivity contribution < 1.29 is 47.1 Å².